The monoisotopic (exact) mass is 318 g/mol. The van der Waals surface area contributed by atoms with E-state index in [1.54, 1.807) is 4.90 Å². The third-order valence-corrected chi connectivity index (χ3v) is 5.48. The van der Waals surface area contributed by atoms with Crippen LogP contribution in [0.15, 0.2) is 6.07 Å². The Hall–Kier alpha value is -1.78. The second kappa shape index (κ2) is 6.38. The van der Waals surface area contributed by atoms with Crippen molar-refractivity contribution in [2.75, 3.05) is 13.1 Å². The van der Waals surface area contributed by atoms with Crippen LogP contribution in [0.5, 0.6) is 0 Å². The number of carboxylic acid groups (broad SMARTS) is 1. The third kappa shape index (κ3) is 3.01. The van der Waals surface area contributed by atoms with Gasteiger partial charge in [-0.25, -0.2) is 0 Å². The number of nitrogens with zero attached hydrogens (tertiary/aromatic N) is 2. The van der Waals surface area contributed by atoms with Gasteiger partial charge in [0.2, 0.25) is 0 Å². The number of aromatic nitrogens is 1. The highest BCUT2D eigenvalue weighted by molar-refractivity contribution is 5.96. The molecule has 1 atom stereocenters. The van der Waals surface area contributed by atoms with Crippen molar-refractivity contribution >= 4 is 11.9 Å². The van der Waals surface area contributed by atoms with Crippen molar-refractivity contribution in [1.29, 1.82) is 0 Å². The molecule has 0 radical (unpaired) electrons. The normalized spacial score (nSPS) is 22.5. The van der Waals surface area contributed by atoms with Crippen molar-refractivity contribution in [2.24, 2.45) is 5.92 Å². The lowest BCUT2D eigenvalue weighted by atomic mass is 9.95. The topological polar surface area (TPSA) is 62.5 Å². The van der Waals surface area contributed by atoms with E-state index in [0.29, 0.717) is 25.6 Å². The van der Waals surface area contributed by atoms with Gasteiger partial charge in [-0.1, -0.05) is 19.3 Å². The Bertz CT molecular complexity index is 614. The summed E-state index contributed by atoms with van der Waals surface area (Å²) < 4.78 is 2.33. The van der Waals surface area contributed by atoms with Crippen LogP contribution in [-0.2, 0) is 4.79 Å². The van der Waals surface area contributed by atoms with Gasteiger partial charge in [0, 0.05) is 30.5 Å². The minimum Gasteiger partial charge on any atom is -0.481 e. The molecule has 1 amide bonds. The van der Waals surface area contributed by atoms with Crippen molar-refractivity contribution in [1.82, 2.24) is 9.47 Å². The second-order valence-electron chi connectivity index (χ2n) is 7.02. The number of carbonyl (C=O) groups excluding carboxylic acids is 1. The average molecular weight is 318 g/mol. The van der Waals surface area contributed by atoms with Gasteiger partial charge >= 0.3 is 5.97 Å². The van der Waals surface area contributed by atoms with Gasteiger partial charge in [0.15, 0.2) is 0 Å². The summed E-state index contributed by atoms with van der Waals surface area (Å²) in [4.78, 5) is 25.6. The molecule has 5 heteroatoms. The number of likely N-dealkylation sites (tertiary alicyclic amines) is 1. The summed E-state index contributed by atoms with van der Waals surface area (Å²) in [7, 11) is 0. The SMILES string of the molecule is Cc1cc(C(=O)N2CC[C@H](C(=O)O)C2)c(C)n1C1CCCCC1. The van der Waals surface area contributed by atoms with Crippen LogP contribution in [0.3, 0.4) is 0 Å². The van der Waals surface area contributed by atoms with Crippen LogP contribution in [0.1, 0.15) is 66.3 Å². The third-order valence-electron chi connectivity index (χ3n) is 5.48. The molecule has 2 fully saturated rings. The fourth-order valence-electron chi connectivity index (χ4n) is 4.21. The van der Waals surface area contributed by atoms with Crippen molar-refractivity contribution < 1.29 is 14.7 Å². The molecule has 1 aliphatic carbocycles. The van der Waals surface area contributed by atoms with E-state index in [4.69, 9.17) is 5.11 Å². The number of hydrogen-bond acceptors (Lipinski definition) is 2. The van der Waals surface area contributed by atoms with Gasteiger partial charge in [0.1, 0.15) is 0 Å². The fraction of sp³-hybridized carbons (Fsp3) is 0.667. The maximum absolute atomic E-state index is 12.8. The molecule has 2 heterocycles. The van der Waals surface area contributed by atoms with Crippen LogP contribution in [0.4, 0.5) is 0 Å². The van der Waals surface area contributed by atoms with E-state index >= 15 is 0 Å². The Labute approximate surface area is 137 Å². The summed E-state index contributed by atoms with van der Waals surface area (Å²) in [6.07, 6.45) is 6.77. The Morgan fingerprint density at radius 3 is 2.43 bits per heavy atom. The summed E-state index contributed by atoms with van der Waals surface area (Å²) in [6, 6.07) is 2.50. The zero-order valence-corrected chi connectivity index (χ0v) is 14.0. The molecule has 1 saturated carbocycles. The first-order valence-corrected chi connectivity index (χ1v) is 8.69. The molecule has 5 nitrogen and oxygen atoms in total. The van der Waals surface area contributed by atoms with Crippen molar-refractivity contribution in [3.63, 3.8) is 0 Å². The van der Waals surface area contributed by atoms with Crippen molar-refractivity contribution in [3.05, 3.63) is 23.0 Å². The number of rotatable bonds is 3. The highest BCUT2D eigenvalue weighted by Crippen LogP contribution is 2.33. The molecule has 3 rings (SSSR count). The van der Waals surface area contributed by atoms with E-state index in [0.717, 1.165) is 17.0 Å². The van der Waals surface area contributed by atoms with E-state index in [1.807, 2.05) is 13.0 Å². The molecule has 2 aliphatic rings. The molecule has 1 aromatic heterocycles. The summed E-state index contributed by atoms with van der Waals surface area (Å²) in [5, 5.41) is 9.11. The van der Waals surface area contributed by atoms with Gasteiger partial charge in [0.05, 0.1) is 11.5 Å². The summed E-state index contributed by atoms with van der Waals surface area (Å²) >= 11 is 0. The number of carbonyl (C=O) groups is 2. The molecule has 0 bridgehead atoms. The van der Waals surface area contributed by atoms with Crippen molar-refractivity contribution in [2.45, 2.75) is 58.4 Å². The lowest BCUT2D eigenvalue weighted by molar-refractivity contribution is -0.141. The Morgan fingerprint density at radius 2 is 1.83 bits per heavy atom. The highest BCUT2D eigenvalue weighted by atomic mass is 16.4. The van der Waals surface area contributed by atoms with E-state index in [1.165, 1.54) is 32.1 Å². The van der Waals surface area contributed by atoms with Crippen LogP contribution < -0.4 is 0 Å². The Morgan fingerprint density at radius 1 is 1.13 bits per heavy atom. The number of amides is 1. The lowest BCUT2D eigenvalue weighted by Crippen LogP contribution is -2.30. The standard InChI is InChI=1S/C18H26N2O3/c1-12-10-16(13(2)20(12)15-6-4-3-5-7-15)17(21)19-9-8-14(11-19)18(22)23/h10,14-15H,3-9,11H2,1-2H3,(H,22,23)/t14-/m0/s1. The maximum atomic E-state index is 12.8. The average Bonchev–Trinajstić information content (AvgIpc) is 3.13. The largest absolute Gasteiger partial charge is 0.481 e. The first-order valence-electron chi connectivity index (χ1n) is 8.69. The molecule has 1 aromatic rings. The minimum absolute atomic E-state index is 0.0103. The van der Waals surface area contributed by atoms with E-state index < -0.39 is 11.9 Å². The first kappa shape index (κ1) is 16.1. The molecule has 23 heavy (non-hydrogen) atoms. The van der Waals surface area contributed by atoms with Crippen LogP contribution in [0, 0.1) is 19.8 Å². The van der Waals surface area contributed by atoms with Crippen LogP contribution in [0.2, 0.25) is 0 Å². The summed E-state index contributed by atoms with van der Waals surface area (Å²) in [6.45, 7) is 4.98. The second-order valence-corrected chi connectivity index (χ2v) is 7.02. The molecule has 0 aromatic carbocycles. The summed E-state index contributed by atoms with van der Waals surface area (Å²) in [5.41, 5.74) is 2.93. The Kier molecular flexibility index (Phi) is 4.46. The van der Waals surface area contributed by atoms with Crippen LogP contribution in [-0.4, -0.2) is 39.5 Å². The van der Waals surface area contributed by atoms with Gasteiger partial charge < -0.3 is 14.6 Å². The van der Waals surface area contributed by atoms with Gasteiger partial charge in [-0.15, -0.1) is 0 Å². The smallest absolute Gasteiger partial charge is 0.308 e. The van der Waals surface area contributed by atoms with Gasteiger partial charge in [-0.05, 0) is 39.2 Å². The molecular formula is C18H26N2O3. The lowest BCUT2D eigenvalue weighted by Gasteiger charge is -2.26. The number of aryl methyl sites for hydroxylation is 1. The van der Waals surface area contributed by atoms with Crippen LogP contribution >= 0.6 is 0 Å². The van der Waals surface area contributed by atoms with Crippen LogP contribution in [0.25, 0.3) is 0 Å². The number of hydrogen-bond donors (Lipinski definition) is 1. The molecule has 0 spiro atoms. The minimum atomic E-state index is -0.798. The van der Waals surface area contributed by atoms with E-state index in [-0.39, 0.29) is 5.91 Å². The predicted octanol–water partition coefficient (Wildman–Crippen LogP) is 3.16. The molecular weight excluding hydrogens is 292 g/mol. The Balaban J connectivity index is 1.80. The summed E-state index contributed by atoms with van der Waals surface area (Å²) in [5.74, 6) is -1.22. The predicted molar refractivity (Wildman–Crippen MR) is 87.7 cm³/mol. The van der Waals surface area contributed by atoms with Gasteiger partial charge in [0.25, 0.3) is 5.91 Å². The van der Waals surface area contributed by atoms with E-state index in [9.17, 15) is 9.59 Å². The first-order chi connectivity index (χ1) is 11.0. The zero-order valence-electron chi connectivity index (χ0n) is 14.0. The highest BCUT2D eigenvalue weighted by Gasteiger charge is 2.33. The zero-order chi connectivity index (χ0) is 16.6. The van der Waals surface area contributed by atoms with Gasteiger partial charge in [-0.3, -0.25) is 9.59 Å². The molecule has 1 saturated heterocycles. The number of carboxylic acids is 1. The maximum Gasteiger partial charge on any atom is 0.308 e. The molecule has 126 valence electrons. The molecule has 0 unspecified atom stereocenters. The van der Waals surface area contributed by atoms with E-state index in [2.05, 4.69) is 11.5 Å². The van der Waals surface area contributed by atoms with Crippen molar-refractivity contribution in [3.8, 4) is 0 Å². The fourth-order valence-corrected chi connectivity index (χ4v) is 4.21. The quantitative estimate of drug-likeness (QED) is 0.931. The van der Waals surface area contributed by atoms with Gasteiger partial charge in [-0.2, -0.15) is 0 Å². The molecule has 1 aliphatic heterocycles. The number of aliphatic carboxylic acids is 1. The molecule has 1 N–H and O–H groups in total.